The minimum atomic E-state index is -0.573. The van der Waals surface area contributed by atoms with Crippen LogP contribution in [0.4, 0.5) is 8.78 Å². The molecule has 0 aromatic heterocycles. The number of Topliss-reactive ketones (excluding diaryl/α,β-unsaturated/α-hetero) is 1. The van der Waals surface area contributed by atoms with Crippen LogP contribution in [0.5, 0.6) is 0 Å². The second kappa shape index (κ2) is 6.39. The van der Waals surface area contributed by atoms with Gasteiger partial charge in [-0.15, -0.1) is 0 Å². The van der Waals surface area contributed by atoms with Crippen LogP contribution in [-0.2, 0) is 12.8 Å². The molecule has 2 nitrogen and oxygen atoms in total. The van der Waals surface area contributed by atoms with Crippen molar-refractivity contribution in [3.63, 3.8) is 0 Å². The van der Waals surface area contributed by atoms with Crippen molar-refractivity contribution in [2.45, 2.75) is 12.8 Å². The summed E-state index contributed by atoms with van der Waals surface area (Å²) in [5, 5.41) is 0. The summed E-state index contributed by atoms with van der Waals surface area (Å²) in [5.74, 6) is -1.36. The van der Waals surface area contributed by atoms with E-state index < -0.39 is 11.6 Å². The van der Waals surface area contributed by atoms with Crippen molar-refractivity contribution in [3.8, 4) is 0 Å². The second-order valence-corrected chi connectivity index (χ2v) is 4.53. The van der Waals surface area contributed by atoms with Gasteiger partial charge >= 0.3 is 0 Å². The van der Waals surface area contributed by atoms with Crippen LogP contribution in [0.1, 0.15) is 21.5 Å². The van der Waals surface area contributed by atoms with Crippen LogP contribution < -0.4 is 5.73 Å². The molecule has 0 amide bonds. The first-order valence-corrected chi connectivity index (χ1v) is 6.37. The molecule has 2 N–H and O–H groups in total. The van der Waals surface area contributed by atoms with Crippen LogP contribution >= 0.6 is 0 Å². The third kappa shape index (κ3) is 3.27. The molecular formula is C16H15F2NO. The number of halogens is 2. The van der Waals surface area contributed by atoms with Crippen LogP contribution in [0.2, 0.25) is 0 Å². The van der Waals surface area contributed by atoms with E-state index in [0.717, 1.165) is 23.8 Å². The van der Waals surface area contributed by atoms with Gasteiger partial charge in [0.15, 0.2) is 5.78 Å². The molecule has 2 aromatic rings. The quantitative estimate of drug-likeness (QED) is 0.853. The van der Waals surface area contributed by atoms with Crippen molar-refractivity contribution in [3.05, 3.63) is 70.8 Å². The standard InChI is InChI=1S/C16H15F2NO/c17-13-5-6-15(18)12(9-13)10-16(20)14-4-2-1-3-11(14)7-8-19/h1-6,9H,7-8,10,19H2. The molecule has 0 aliphatic heterocycles. The van der Waals surface area contributed by atoms with Gasteiger partial charge in [-0.25, -0.2) is 8.78 Å². The van der Waals surface area contributed by atoms with E-state index in [-0.39, 0.29) is 17.8 Å². The van der Waals surface area contributed by atoms with E-state index in [4.69, 9.17) is 5.73 Å². The SMILES string of the molecule is NCCc1ccccc1C(=O)Cc1cc(F)ccc1F. The third-order valence-electron chi connectivity index (χ3n) is 3.09. The summed E-state index contributed by atoms with van der Waals surface area (Å²) >= 11 is 0. The molecule has 0 saturated carbocycles. The highest BCUT2D eigenvalue weighted by Gasteiger charge is 2.14. The van der Waals surface area contributed by atoms with Crippen LogP contribution in [0.3, 0.4) is 0 Å². The topological polar surface area (TPSA) is 43.1 Å². The maximum absolute atomic E-state index is 13.6. The molecular weight excluding hydrogens is 260 g/mol. The van der Waals surface area contributed by atoms with Crippen molar-refractivity contribution >= 4 is 5.78 Å². The summed E-state index contributed by atoms with van der Waals surface area (Å²) in [6.07, 6.45) is 0.415. The van der Waals surface area contributed by atoms with Crippen LogP contribution in [0, 0.1) is 11.6 Å². The van der Waals surface area contributed by atoms with Gasteiger partial charge in [0.25, 0.3) is 0 Å². The summed E-state index contributed by atoms with van der Waals surface area (Å²) in [7, 11) is 0. The minimum absolute atomic E-state index is 0.0672. The van der Waals surface area contributed by atoms with E-state index >= 15 is 0 Å². The number of rotatable bonds is 5. The Kier molecular flexibility index (Phi) is 4.58. The molecule has 20 heavy (non-hydrogen) atoms. The predicted octanol–water partition coefficient (Wildman–Crippen LogP) is 2.89. The van der Waals surface area contributed by atoms with Gasteiger partial charge in [-0.2, -0.15) is 0 Å². The van der Waals surface area contributed by atoms with Crippen LogP contribution in [-0.4, -0.2) is 12.3 Å². The lowest BCUT2D eigenvalue weighted by atomic mass is 9.96. The largest absolute Gasteiger partial charge is 0.330 e. The first-order chi connectivity index (χ1) is 9.61. The molecule has 0 aliphatic carbocycles. The zero-order chi connectivity index (χ0) is 14.5. The molecule has 0 radical (unpaired) electrons. The fraction of sp³-hybridized carbons (Fsp3) is 0.188. The maximum Gasteiger partial charge on any atom is 0.167 e. The molecule has 2 rings (SSSR count). The number of ketones is 1. The van der Waals surface area contributed by atoms with Gasteiger partial charge in [0.2, 0.25) is 0 Å². The van der Waals surface area contributed by atoms with Gasteiger partial charge in [0.05, 0.1) is 0 Å². The van der Waals surface area contributed by atoms with Crippen molar-refractivity contribution in [2.24, 2.45) is 5.73 Å². The molecule has 0 saturated heterocycles. The van der Waals surface area contributed by atoms with Gasteiger partial charge in [-0.1, -0.05) is 24.3 Å². The summed E-state index contributed by atoms with van der Waals surface area (Å²) in [4.78, 5) is 12.2. The van der Waals surface area contributed by atoms with Crippen molar-refractivity contribution in [2.75, 3.05) is 6.54 Å². The Balaban J connectivity index is 2.26. The Morgan fingerprint density at radius 1 is 1.05 bits per heavy atom. The summed E-state index contributed by atoms with van der Waals surface area (Å²) < 4.78 is 26.7. The minimum Gasteiger partial charge on any atom is -0.330 e. The van der Waals surface area contributed by atoms with E-state index in [9.17, 15) is 13.6 Å². The van der Waals surface area contributed by atoms with E-state index in [1.807, 2.05) is 12.1 Å². The number of carbonyl (C=O) groups is 1. The number of carbonyl (C=O) groups excluding carboxylic acids is 1. The maximum atomic E-state index is 13.6. The highest BCUT2D eigenvalue weighted by molar-refractivity contribution is 5.98. The molecule has 0 aliphatic rings. The normalized spacial score (nSPS) is 10.6. The monoisotopic (exact) mass is 275 g/mol. The number of nitrogens with two attached hydrogens (primary N) is 1. The molecule has 0 unspecified atom stereocenters. The van der Waals surface area contributed by atoms with Gasteiger partial charge < -0.3 is 5.73 Å². The Hall–Kier alpha value is -2.07. The smallest absolute Gasteiger partial charge is 0.167 e. The zero-order valence-electron chi connectivity index (χ0n) is 10.9. The van der Waals surface area contributed by atoms with Crippen molar-refractivity contribution < 1.29 is 13.6 Å². The Labute approximate surface area is 116 Å². The second-order valence-electron chi connectivity index (χ2n) is 4.53. The number of benzene rings is 2. The average Bonchev–Trinajstić information content (AvgIpc) is 2.44. The molecule has 0 atom stereocenters. The number of hydrogen-bond donors (Lipinski definition) is 1. The molecule has 4 heteroatoms. The van der Waals surface area contributed by atoms with E-state index in [0.29, 0.717) is 18.5 Å². The fourth-order valence-electron chi connectivity index (χ4n) is 2.11. The van der Waals surface area contributed by atoms with Crippen molar-refractivity contribution in [1.82, 2.24) is 0 Å². The highest BCUT2D eigenvalue weighted by Crippen LogP contribution is 2.16. The van der Waals surface area contributed by atoms with Crippen LogP contribution in [0.25, 0.3) is 0 Å². The van der Waals surface area contributed by atoms with E-state index in [2.05, 4.69) is 0 Å². The molecule has 2 aromatic carbocycles. The number of hydrogen-bond acceptors (Lipinski definition) is 2. The molecule has 104 valence electrons. The molecule has 0 heterocycles. The lowest BCUT2D eigenvalue weighted by molar-refractivity contribution is 0.0991. The first-order valence-electron chi connectivity index (χ1n) is 6.37. The van der Waals surface area contributed by atoms with Gasteiger partial charge in [-0.05, 0) is 42.3 Å². The molecule has 0 fully saturated rings. The molecule has 0 bridgehead atoms. The van der Waals surface area contributed by atoms with E-state index in [1.165, 1.54) is 0 Å². The van der Waals surface area contributed by atoms with Gasteiger partial charge in [-0.3, -0.25) is 4.79 Å². The third-order valence-corrected chi connectivity index (χ3v) is 3.09. The van der Waals surface area contributed by atoms with Gasteiger partial charge in [0.1, 0.15) is 11.6 Å². The zero-order valence-corrected chi connectivity index (χ0v) is 10.9. The highest BCUT2D eigenvalue weighted by atomic mass is 19.1. The Morgan fingerprint density at radius 3 is 2.55 bits per heavy atom. The predicted molar refractivity (Wildman–Crippen MR) is 73.6 cm³/mol. The van der Waals surface area contributed by atoms with Gasteiger partial charge in [0, 0.05) is 12.0 Å². The first kappa shape index (κ1) is 14.3. The average molecular weight is 275 g/mol. The van der Waals surface area contributed by atoms with E-state index in [1.54, 1.807) is 12.1 Å². The van der Waals surface area contributed by atoms with Crippen LogP contribution in [0.15, 0.2) is 42.5 Å². The van der Waals surface area contributed by atoms with Crippen molar-refractivity contribution in [1.29, 1.82) is 0 Å². The Bertz CT molecular complexity index is 626. The lowest BCUT2D eigenvalue weighted by Gasteiger charge is -2.08. The summed E-state index contributed by atoms with van der Waals surface area (Å²) in [5.41, 5.74) is 6.92. The lowest BCUT2D eigenvalue weighted by Crippen LogP contribution is -2.11. The Morgan fingerprint density at radius 2 is 1.80 bits per heavy atom. The fourth-order valence-corrected chi connectivity index (χ4v) is 2.11. The molecule has 0 spiro atoms. The summed E-state index contributed by atoms with van der Waals surface area (Å²) in [6, 6.07) is 10.2. The summed E-state index contributed by atoms with van der Waals surface area (Å²) in [6.45, 7) is 0.429.